The first-order valence-electron chi connectivity index (χ1n) is 10.5. The first-order valence-corrected chi connectivity index (χ1v) is 10.5. The van der Waals surface area contributed by atoms with E-state index in [0.29, 0.717) is 6.04 Å². The molecule has 29 heavy (non-hydrogen) atoms. The van der Waals surface area contributed by atoms with Crippen LogP contribution in [-0.2, 0) is 11.2 Å². The van der Waals surface area contributed by atoms with E-state index in [-0.39, 0.29) is 5.54 Å². The van der Waals surface area contributed by atoms with Crippen LogP contribution in [0.2, 0.25) is 0 Å². The highest BCUT2D eigenvalue weighted by atomic mass is 16.5. The van der Waals surface area contributed by atoms with Crippen molar-refractivity contribution in [3.05, 3.63) is 59.3 Å². The molecule has 1 saturated heterocycles. The van der Waals surface area contributed by atoms with Crippen LogP contribution in [0.4, 0.5) is 0 Å². The molecule has 150 valence electrons. The second-order valence-corrected chi connectivity index (χ2v) is 8.36. The van der Waals surface area contributed by atoms with Crippen LogP contribution in [0.3, 0.4) is 0 Å². The lowest BCUT2D eigenvalue weighted by Gasteiger charge is -2.19. The molecule has 2 atom stereocenters. The summed E-state index contributed by atoms with van der Waals surface area (Å²) in [6, 6.07) is 4.91. The molecule has 3 aromatic heterocycles. The fraction of sp³-hybridized carbons (Fsp3) is 0.417. The number of rotatable bonds is 5. The SMILES string of the molecule is CCc1cc2nccn2cc1-c1nc2c(cc1C)C1N(C=C2C)[C@]1(CC)COC. The summed E-state index contributed by atoms with van der Waals surface area (Å²) >= 11 is 0. The molecule has 0 aliphatic carbocycles. The summed E-state index contributed by atoms with van der Waals surface area (Å²) in [5.41, 5.74) is 9.53. The minimum absolute atomic E-state index is 0.0706. The van der Waals surface area contributed by atoms with E-state index in [1.807, 2.05) is 12.4 Å². The third kappa shape index (κ3) is 2.50. The van der Waals surface area contributed by atoms with E-state index in [2.05, 4.69) is 66.5 Å². The Morgan fingerprint density at radius 1 is 1.17 bits per heavy atom. The van der Waals surface area contributed by atoms with Gasteiger partial charge < -0.3 is 14.0 Å². The second-order valence-electron chi connectivity index (χ2n) is 8.36. The number of hydrogen-bond acceptors (Lipinski definition) is 4. The molecular weight excluding hydrogens is 360 g/mol. The van der Waals surface area contributed by atoms with Gasteiger partial charge in [0.2, 0.25) is 0 Å². The Morgan fingerprint density at radius 3 is 2.72 bits per heavy atom. The highest BCUT2D eigenvalue weighted by Gasteiger charge is 2.62. The largest absolute Gasteiger partial charge is 0.382 e. The van der Waals surface area contributed by atoms with Crippen molar-refractivity contribution >= 4 is 11.2 Å². The van der Waals surface area contributed by atoms with E-state index >= 15 is 0 Å². The van der Waals surface area contributed by atoms with E-state index in [0.717, 1.165) is 36.5 Å². The topological polar surface area (TPSA) is 42.4 Å². The lowest BCUT2D eigenvalue weighted by Crippen LogP contribution is -2.21. The molecule has 5 heteroatoms. The lowest BCUT2D eigenvalue weighted by atomic mass is 9.92. The Hall–Kier alpha value is -2.66. The Bertz CT molecular complexity index is 1150. The predicted octanol–water partition coefficient (Wildman–Crippen LogP) is 4.79. The van der Waals surface area contributed by atoms with Gasteiger partial charge in [-0.25, -0.2) is 9.97 Å². The average molecular weight is 389 g/mol. The summed E-state index contributed by atoms with van der Waals surface area (Å²) in [6.07, 6.45) is 10.3. The normalized spacial score (nSPS) is 22.4. The van der Waals surface area contributed by atoms with Crippen LogP contribution in [0.1, 0.15) is 55.6 Å². The van der Waals surface area contributed by atoms with Crippen LogP contribution in [0, 0.1) is 6.92 Å². The van der Waals surface area contributed by atoms with E-state index in [9.17, 15) is 0 Å². The zero-order valence-electron chi connectivity index (χ0n) is 17.9. The molecule has 3 aromatic rings. The number of allylic oxidation sites excluding steroid dienone is 1. The Kier molecular flexibility index (Phi) is 4.07. The number of fused-ring (bicyclic) bond motifs is 4. The summed E-state index contributed by atoms with van der Waals surface area (Å²) in [7, 11) is 1.80. The van der Waals surface area contributed by atoms with Crippen LogP contribution >= 0.6 is 0 Å². The molecule has 0 radical (unpaired) electrons. The van der Waals surface area contributed by atoms with Gasteiger partial charge in [-0.05, 0) is 55.5 Å². The molecular formula is C24H28N4O. The van der Waals surface area contributed by atoms with Gasteiger partial charge in [0.1, 0.15) is 5.65 Å². The van der Waals surface area contributed by atoms with Gasteiger partial charge in [0.15, 0.2) is 0 Å². The van der Waals surface area contributed by atoms with Crippen molar-refractivity contribution in [1.29, 1.82) is 0 Å². The molecule has 0 aromatic carbocycles. The van der Waals surface area contributed by atoms with Crippen molar-refractivity contribution in [2.24, 2.45) is 0 Å². The average Bonchev–Trinajstić information content (AvgIpc) is 3.10. The molecule has 0 N–H and O–H groups in total. The van der Waals surface area contributed by atoms with Gasteiger partial charge in [0.05, 0.1) is 29.6 Å². The maximum absolute atomic E-state index is 5.59. The molecule has 0 saturated carbocycles. The molecule has 1 fully saturated rings. The molecule has 5 rings (SSSR count). The van der Waals surface area contributed by atoms with E-state index < -0.39 is 0 Å². The summed E-state index contributed by atoms with van der Waals surface area (Å²) in [4.78, 5) is 12.1. The van der Waals surface area contributed by atoms with Gasteiger partial charge in [0.25, 0.3) is 0 Å². The number of aromatic nitrogens is 3. The van der Waals surface area contributed by atoms with Crippen molar-refractivity contribution in [2.75, 3.05) is 13.7 Å². The minimum atomic E-state index is 0.0706. The first-order chi connectivity index (χ1) is 14.0. The smallest absolute Gasteiger partial charge is 0.136 e. The van der Waals surface area contributed by atoms with Gasteiger partial charge in [0, 0.05) is 43.0 Å². The second kappa shape index (κ2) is 6.42. The van der Waals surface area contributed by atoms with E-state index in [1.54, 1.807) is 7.11 Å². The highest BCUT2D eigenvalue weighted by Crippen LogP contribution is 2.60. The number of ether oxygens (including phenoxy) is 1. The summed E-state index contributed by atoms with van der Waals surface area (Å²) in [6.45, 7) is 9.55. The van der Waals surface area contributed by atoms with Crippen LogP contribution in [0.25, 0.3) is 22.5 Å². The zero-order chi connectivity index (χ0) is 20.3. The predicted molar refractivity (Wildman–Crippen MR) is 116 cm³/mol. The quantitative estimate of drug-likeness (QED) is 0.589. The monoisotopic (exact) mass is 388 g/mol. The van der Waals surface area contributed by atoms with E-state index in [1.165, 1.54) is 27.8 Å². The maximum Gasteiger partial charge on any atom is 0.136 e. The minimum Gasteiger partial charge on any atom is -0.382 e. The number of nitrogens with zero attached hydrogens (tertiary/aromatic N) is 4. The molecule has 0 spiro atoms. The fourth-order valence-electron chi connectivity index (χ4n) is 5.13. The van der Waals surface area contributed by atoms with Crippen molar-refractivity contribution in [2.45, 2.75) is 52.1 Å². The number of aryl methyl sites for hydroxylation is 2. The maximum atomic E-state index is 5.59. The molecule has 0 amide bonds. The molecule has 2 aliphatic rings. The van der Waals surface area contributed by atoms with Crippen molar-refractivity contribution in [3.8, 4) is 11.3 Å². The Morgan fingerprint density at radius 2 is 2.00 bits per heavy atom. The van der Waals surface area contributed by atoms with Crippen LogP contribution in [-0.4, -0.2) is 38.5 Å². The van der Waals surface area contributed by atoms with E-state index in [4.69, 9.17) is 9.72 Å². The zero-order valence-corrected chi connectivity index (χ0v) is 17.9. The Labute approximate surface area is 172 Å². The van der Waals surface area contributed by atoms with Gasteiger partial charge in [-0.15, -0.1) is 0 Å². The molecule has 5 heterocycles. The molecule has 1 unspecified atom stereocenters. The Balaban J connectivity index is 1.67. The van der Waals surface area contributed by atoms with Crippen LogP contribution < -0.4 is 0 Å². The molecule has 0 bridgehead atoms. The number of hydrogen-bond donors (Lipinski definition) is 0. The first kappa shape index (κ1) is 18.4. The van der Waals surface area contributed by atoms with Crippen molar-refractivity contribution in [3.63, 3.8) is 0 Å². The summed E-state index contributed by atoms with van der Waals surface area (Å²) in [5, 5.41) is 0. The van der Waals surface area contributed by atoms with Gasteiger partial charge in [-0.2, -0.15) is 0 Å². The van der Waals surface area contributed by atoms with Crippen molar-refractivity contribution < 1.29 is 4.74 Å². The van der Waals surface area contributed by atoms with Gasteiger partial charge in [-0.3, -0.25) is 0 Å². The number of imidazole rings is 1. The van der Waals surface area contributed by atoms with Gasteiger partial charge >= 0.3 is 0 Å². The third-order valence-corrected chi connectivity index (χ3v) is 6.74. The number of pyridine rings is 2. The fourth-order valence-corrected chi connectivity index (χ4v) is 5.13. The van der Waals surface area contributed by atoms with Crippen LogP contribution in [0.15, 0.2) is 36.9 Å². The molecule has 2 aliphatic heterocycles. The standard InChI is InChI=1S/C24H28N4O/c1-6-17-11-20-25-8-9-27(20)13-19(17)21-15(3)10-18-22(26-21)16(4)12-28-23(18)24(28,7-2)14-29-5/h8-13,23H,6-7,14H2,1-5H3/t23?,24-,28?/m1/s1. The van der Waals surface area contributed by atoms with Crippen LogP contribution in [0.5, 0.6) is 0 Å². The third-order valence-electron chi connectivity index (χ3n) is 6.74. The van der Waals surface area contributed by atoms with Crippen molar-refractivity contribution in [1.82, 2.24) is 19.3 Å². The highest BCUT2D eigenvalue weighted by molar-refractivity contribution is 5.75. The number of methoxy groups -OCH3 is 1. The molecule has 5 nitrogen and oxygen atoms in total. The summed E-state index contributed by atoms with van der Waals surface area (Å²) in [5.74, 6) is 0. The summed E-state index contributed by atoms with van der Waals surface area (Å²) < 4.78 is 7.67. The lowest BCUT2D eigenvalue weighted by molar-refractivity contribution is 0.152. The van der Waals surface area contributed by atoms with Gasteiger partial charge in [-0.1, -0.05) is 13.8 Å².